The van der Waals surface area contributed by atoms with Gasteiger partial charge in [0.25, 0.3) is 5.91 Å². The Labute approximate surface area is 182 Å². The first-order chi connectivity index (χ1) is 15.6. The minimum absolute atomic E-state index is 0.0214. The van der Waals surface area contributed by atoms with Gasteiger partial charge in [0.15, 0.2) is 5.76 Å². The Hall–Kier alpha value is -3.81. The summed E-state index contributed by atoms with van der Waals surface area (Å²) in [6.07, 6.45) is 5.53. The summed E-state index contributed by atoms with van der Waals surface area (Å²) in [5, 5.41) is 11.4. The van der Waals surface area contributed by atoms with Crippen molar-refractivity contribution in [1.29, 1.82) is 0 Å². The van der Waals surface area contributed by atoms with E-state index in [1.54, 1.807) is 30.3 Å². The molecule has 0 spiro atoms. The Kier molecular flexibility index (Phi) is 5.26. The van der Waals surface area contributed by atoms with Crippen LogP contribution >= 0.6 is 0 Å². The lowest BCUT2D eigenvalue weighted by Crippen LogP contribution is -2.13. The van der Waals surface area contributed by atoms with E-state index < -0.39 is 11.7 Å². The predicted molar refractivity (Wildman–Crippen MR) is 115 cm³/mol. The molecule has 0 radical (unpaired) electrons. The number of aromatic nitrogens is 3. The van der Waals surface area contributed by atoms with Gasteiger partial charge in [-0.05, 0) is 67.4 Å². The highest BCUT2D eigenvalue weighted by molar-refractivity contribution is 6.02. The van der Waals surface area contributed by atoms with Gasteiger partial charge in [-0.25, -0.2) is 13.5 Å². The molecule has 4 aromatic rings. The topological polar surface area (TPSA) is 73.0 Å². The van der Waals surface area contributed by atoms with Crippen LogP contribution in [0.3, 0.4) is 0 Å². The quantitative estimate of drug-likeness (QED) is 0.428. The number of anilines is 1. The van der Waals surface area contributed by atoms with Crippen LogP contribution in [-0.4, -0.2) is 20.9 Å². The van der Waals surface area contributed by atoms with Crippen LogP contribution in [0.25, 0.3) is 22.5 Å². The molecule has 1 N–H and O–H groups in total. The number of carbonyl (C=O) groups is 1. The van der Waals surface area contributed by atoms with Crippen LogP contribution in [0.15, 0.2) is 65.3 Å². The molecule has 1 aliphatic rings. The van der Waals surface area contributed by atoms with Crippen molar-refractivity contribution in [2.45, 2.75) is 31.7 Å². The van der Waals surface area contributed by atoms with E-state index in [4.69, 9.17) is 4.42 Å². The molecule has 1 aliphatic carbocycles. The third-order valence-corrected chi connectivity index (χ3v) is 5.72. The van der Waals surface area contributed by atoms with Gasteiger partial charge >= 0.3 is 0 Å². The fourth-order valence-corrected chi connectivity index (χ4v) is 4.13. The number of nitrogens with zero attached hydrogens (tertiary/aromatic N) is 3. The Morgan fingerprint density at radius 2 is 1.78 bits per heavy atom. The second-order valence-corrected chi connectivity index (χ2v) is 7.80. The molecule has 0 bridgehead atoms. The van der Waals surface area contributed by atoms with Crippen LogP contribution in [0.4, 0.5) is 14.5 Å². The van der Waals surface area contributed by atoms with Crippen LogP contribution in [0.2, 0.25) is 0 Å². The summed E-state index contributed by atoms with van der Waals surface area (Å²) in [5.41, 5.74) is 2.66. The molecule has 0 unspecified atom stereocenters. The minimum atomic E-state index is -0.572. The van der Waals surface area contributed by atoms with Crippen molar-refractivity contribution in [3.63, 3.8) is 0 Å². The third-order valence-electron chi connectivity index (χ3n) is 5.72. The van der Waals surface area contributed by atoms with Crippen LogP contribution < -0.4 is 5.32 Å². The van der Waals surface area contributed by atoms with Crippen LogP contribution in [0, 0.1) is 11.6 Å². The maximum absolute atomic E-state index is 14.6. The molecule has 162 valence electrons. The zero-order valence-electron chi connectivity index (χ0n) is 17.1. The molecule has 5 rings (SSSR count). The number of hydrogen-bond acceptors (Lipinski definition) is 4. The number of nitrogens with one attached hydrogen (secondary N) is 1. The van der Waals surface area contributed by atoms with Crippen LogP contribution in [-0.2, 0) is 0 Å². The van der Waals surface area contributed by atoms with Crippen molar-refractivity contribution in [2.75, 3.05) is 5.32 Å². The average molecular weight is 434 g/mol. The van der Waals surface area contributed by atoms with Crippen molar-refractivity contribution in [1.82, 2.24) is 15.0 Å². The second-order valence-electron chi connectivity index (χ2n) is 7.80. The van der Waals surface area contributed by atoms with Crippen molar-refractivity contribution < 1.29 is 18.0 Å². The molecule has 0 aliphatic heterocycles. The molecule has 0 saturated heterocycles. The van der Waals surface area contributed by atoms with Gasteiger partial charge in [0.05, 0.1) is 23.7 Å². The number of hydrogen-bond donors (Lipinski definition) is 1. The summed E-state index contributed by atoms with van der Waals surface area (Å²) in [5.74, 6) is -1.38. The van der Waals surface area contributed by atoms with Gasteiger partial charge in [-0.1, -0.05) is 18.1 Å². The monoisotopic (exact) mass is 434 g/mol. The van der Waals surface area contributed by atoms with Crippen molar-refractivity contribution in [3.05, 3.63) is 78.3 Å². The van der Waals surface area contributed by atoms with E-state index >= 15 is 0 Å². The Balaban J connectivity index is 1.59. The first-order valence-corrected chi connectivity index (χ1v) is 10.5. The molecule has 2 heterocycles. The molecule has 0 atom stereocenters. The predicted octanol–water partition coefficient (Wildman–Crippen LogP) is 5.85. The molecular formula is C24H20F2N4O2. The van der Waals surface area contributed by atoms with E-state index in [9.17, 15) is 13.6 Å². The van der Waals surface area contributed by atoms with E-state index in [1.165, 1.54) is 30.5 Å². The normalized spacial score (nSPS) is 14.1. The summed E-state index contributed by atoms with van der Waals surface area (Å²) in [7, 11) is 0. The molecule has 8 heteroatoms. The summed E-state index contributed by atoms with van der Waals surface area (Å²) < 4.78 is 35.0. The van der Waals surface area contributed by atoms with Crippen molar-refractivity contribution in [3.8, 4) is 22.5 Å². The zero-order valence-corrected chi connectivity index (χ0v) is 17.1. The maximum Gasteiger partial charge on any atom is 0.291 e. The summed E-state index contributed by atoms with van der Waals surface area (Å²) in [4.78, 5) is 12.4. The molecule has 1 saturated carbocycles. The number of carbonyl (C=O) groups excluding carboxylic acids is 1. The summed E-state index contributed by atoms with van der Waals surface area (Å²) >= 11 is 0. The van der Waals surface area contributed by atoms with Crippen LogP contribution in [0.5, 0.6) is 0 Å². The number of furan rings is 1. The van der Waals surface area contributed by atoms with Gasteiger partial charge in [0, 0.05) is 11.1 Å². The SMILES string of the molecule is O=C(Nc1cc(-c2c(-c3ccc(F)cc3)nnn2C2CCCC2)ccc1F)c1ccco1. The highest BCUT2D eigenvalue weighted by Gasteiger charge is 2.26. The van der Waals surface area contributed by atoms with Crippen LogP contribution in [0.1, 0.15) is 42.3 Å². The molecule has 2 aromatic heterocycles. The third kappa shape index (κ3) is 3.79. The number of amides is 1. The van der Waals surface area contributed by atoms with E-state index in [0.717, 1.165) is 25.7 Å². The smallest absolute Gasteiger partial charge is 0.291 e. The Bertz CT molecular complexity index is 1240. The number of rotatable bonds is 5. The second kappa shape index (κ2) is 8.37. The van der Waals surface area contributed by atoms with E-state index in [1.807, 2.05) is 4.68 Å². The first kappa shape index (κ1) is 20.1. The van der Waals surface area contributed by atoms with Gasteiger partial charge in [0.2, 0.25) is 0 Å². The lowest BCUT2D eigenvalue weighted by atomic mass is 10.0. The van der Waals surface area contributed by atoms with Crippen molar-refractivity contribution >= 4 is 11.6 Å². The molecule has 32 heavy (non-hydrogen) atoms. The molecule has 6 nitrogen and oxygen atoms in total. The van der Waals surface area contributed by atoms with Gasteiger partial charge in [-0.3, -0.25) is 4.79 Å². The molecule has 2 aromatic carbocycles. The summed E-state index contributed by atoms with van der Waals surface area (Å²) in [6.45, 7) is 0. The summed E-state index contributed by atoms with van der Waals surface area (Å²) in [6, 6.07) is 13.8. The van der Waals surface area contributed by atoms with Gasteiger partial charge in [0.1, 0.15) is 17.3 Å². The van der Waals surface area contributed by atoms with Gasteiger partial charge in [-0.2, -0.15) is 0 Å². The first-order valence-electron chi connectivity index (χ1n) is 10.5. The van der Waals surface area contributed by atoms with Gasteiger partial charge in [-0.15, -0.1) is 5.10 Å². The fraction of sp³-hybridized carbons (Fsp3) is 0.208. The maximum atomic E-state index is 14.6. The average Bonchev–Trinajstić information content (AvgIpc) is 3.56. The molecular weight excluding hydrogens is 414 g/mol. The van der Waals surface area contributed by atoms with E-state index in [2.05, 4.69) is 15.6 Å². The number of benzene rings is 2. The lowest BCUT2D eigenvalue weighted by Gasteiger charge is -2.15. The van der Waals surface area contributed by atoms with Gasteiger partial charge < -0.3 is 9.73 Å². The largest absolute Gasteiger partial charge is 0.459 e. The fourth-order valence-electron chi connectivity index (χ4n) is 4.13. The highest BCUT2D eigenvalue weighted by atomic mass is 19.1. The highest BCUT2D eigenvalue weighted by Crippen LogP contribution is 2.38. The van der Waals surface area contributed by atoms with Crippen molar-refractivity contribution in [2.24, 2.45) is 0 Å². The standard InChI is InChI=1S/C24H20F2N4O2/c25-17-10-7-15(8-11-17)22-23(30(29-28-22)18-4-1-2-5-18)16-9-12-19(26)20(14-16)27-24(31)21-6-3-13-32-21/h3,6-14,18H,1-2,4-5H2,(H,27,31). The number of halogens is 2. The van der Waals surface area contributed by atoms with E-state index in [-0.39, 0.29) is 23.3 Å². The molecule has 1 fully saturated rings. The Morgan fingerprint density at radius 1 is 1.03 bits per heavy atom. The lowest BCUT2D eigenvalue weighted by molar-refractivity contribution is 0.0996. The minimum Gasteiger partial charge on any atom is -0.459 e. The zero-order chi connectivity index (χ0) is 22.1. The molecule has 1 amide bonds. The van der Waals surface area contributed by atoms with E-state index in [0.29, 0.717) is 22.5 Å². The Morgan fingerprint density at radius 3 is 2.50 bits per heavy atom.